The van der Waals surface area contributed by atoms with Crippen molar-refractivity contribution in [3.8, 4) is 11.5 Å². The number of sulfonamides is 1. The van der Waals surface area contributed by atoms with E-state index in [-0.39, 0.29) is 27.6 Å². The summed E-state index contributed by atoms with van der Waals surface area (Å²) in [6.45, 7) is -0.624. The lowest BCUT2D eigenvalue weighted by atomic mass is 10.2. The summed E-state index contributed by atoms with van der Waals surface area (Å²) in [5, 5.41) is 14.9. The van der Waals surface area contributed by atoms with E-state index in [1.54, 1.807) is 24.3 Å². The van der Waals surface area contributed by atoms with Crippen molar-refractivity contribution < 1.29 is 27.6 Å². The standard InChI is InChI=1S/C23H22N4O7S/c1-33-21-13-12-18(14-22(21)34-2)26(35(31,32)19-9-4-3-5-10-19)16-23(28)25-24-15-17-8-6-7-11-20(17)27(29)30/h3-15H,16H2,1-2H3,(H,25,28)/b24-15-. The van der Waals surface area contributed by atoms with E-state index < -0.39 is 27.4 Å². The molecule has 0 saturated heterocycles. The van der Waals surface area contributed by atoms with Crippen molar-refractivity contribution in [2.24, 2.45) is 5.10 Å². The lowest BCUT2D eigenvalue weighted by Gasteiger charge is -2.24. The fourth-order valence-electron chi connectivity index (χ4n) is 3.12. The Morgan fingerprint density at radius 3 is 2.34 bits per heavy atom. The Hall–Kier alpha value is -4.45. The maximum Gasteiger partial charge on any atom is 0.278 e. The first-order valence-electron chi connectivity index (χ1n) is 10.1. The van der Waals surface area contributed by atoms with Gasteiger partial charge in [0, 0.05) is 12.1 Å². The molecule has 0 aromatic heterocycles. The molecule has 0 saturated carbocycles. The van der Waals surface area contributed by atoms with Crippen LogP contribution in [0.25, 0.3) is 0 Å². The molecule has 0 atom stereocenters. The molecule has 11 nitrogen and oxygen atoms in total. The Balaban J connectivity index is 1.90. The highest BCUT2D eigenvalue weighted by Crippen LogP contribution is 2.33. The van der Waals surface area contributed by atoms with Gasteiger partial charge in [0.15, 0.2) is 11.5 Å². The number of carbonyl (C=O) groups excluding carboxylic acids is 1. The van der Waals surface area contributed by atoms with Gasteiger partial charge in [-0.1, -0.05) is 30.3 Å². The fourth-order valence-corrected chi connectivity index (χ4v) is 4.55. The van der Waals surface area contributed by atoms with Gasteiger partial charge in [0.05, 0.1) is 41.5 Å². The van der Waals surface area contributed by atoms with Crippen molar-refractivity contribution in [2.75, 3.05) is 25.1 Å². The summed E-state index contributed by atoms with van der Waals surface area (Å²) in [7, 11) is -1.31. The Labute approximate surface area is 201 Å². The molecule has 1 N–H and O–H groups in total. The topological polar surface area (TPSA) is 140 Å². The predicted molar refractivity (Wildman–Crippen MR) is 129 cm³/mol. The van der Waals surface area contributed by atoms with Gasteiger partial charge >= 0.3 is 0 Å². The molecule has 0 unspecified atom stereocenters. The Morgan fingerprint density at radius 2 is 1.69 bits per heavy atom. The number of benzene rings is 3. The minimum Gasteiger partial charge on any atom is -0.493 e. The van der Waals surface area contributed by atoms with Crippen molar-refractivity contribution in [3.63, 3.8) is 0 Å². The molecule has 0 aliphatic carbocycles. The number of para-hydroxylation sites is 1. The van der Waals surface area contributed by atoms with Crippen LogP contribution in [0.15, 0.2) is 82.8 Å². The van der Waals surface area contributed by atoms with Crippen molar-refractivity contribution in [1.29, 1.82) is 0 Å². The highest BCUT2D eigenvalue weighted by atomic mass is 32.2. The van der Waals surface area contributed by atoms with E-state index in [0.717, 1.165) is 10.5 Å². The second-order valence-corrected chi connectivity index (χ2v) is 8.84. The van der Waals surface area contributed by atoms with E-state index in [9.17, 15) is 23.3 Å². The number of hydrazone groups is 1. The zero-order valence-electron chi connectivity index (χ0n) is 18.8. The van der Waals surface area contributed by atoms with Crippen LogP contribution in [0.2, 0.25) is 0 Å². The third-order valence-corrected chi connectivity index (χ3v) is 6.59. The summed E-state index contributed by atoms with van der Waals surface area (Å²) in [6, 6.07) is 17.9. The van der Waals surface area contributed by atoms with Crippen LogP contribution in [-0.2, 0) is 14.8 Å². The largest absolute Gasteiger partial charge is 0.493 e. The van der Waals surface area contributed by atoms with Crippen molar-refractivity contribution >= 4 is 33.5 Å². The summed E-state index contributed by atoms with van der Waals surface area (Å²) in [5.41, 5.74) is 2.36. The number of amides is 1. The molecule has 182 valence electrons. The van der Waals surface area contributed by atoms with Gasteiger partial charge in [0.2, 0.25) is 0 Å². The summed E-state index contributed by atoms with van der Waals surface area (Å²) < 4.78 is 38.2. The number of nitrogens with one attached hydrogen (secondary N) is 1. The number of methoxy groups -OCH3 is 2. The maximum absolute atomic E-state index is 13.4. The minimum atomic E-state index is -4.15. The van der Waals surface area contributed by atoms with Crippen LogP contribution in [0.4, 0.5) is 11.4 Å². The number of carbonyl (C=O) groups is 1. The SMILES string of the molecule is COc1ccc(N(CC(=O)N/N=C\c2ccccc2[N+](=O)[O-])S(=O)(=O)c2ccccc2)cc1OC. The summed E-state index contributed by atoms with van der Waals surface area (Å²) in [5.74, 6) is -0.117. The van der Waals surface area contributed by atoms with Crippen LogP contribution in [-0.4, -0.2) is 46.2 Å². The number of ether oxygens (including phenoxy) is 2. The van der Waals surface area contributed by atoms with E-state index in [2.05, 4.69) is 10.5 Å². The first-order chi connectivity index (χ1) is 16.8. The highest BCUT2D eigenvalue weighted by molar-refractivity contribution is 7.92. The van der Waals surface area contributed by atoms with Gasteiger partial charge in [-0.3, -0.25) is 19.2 Å². The molecule has 0 aliphatic rings. The molecular weight excluding hydrogens is 476 g/mol. The first-order valence-corrected chi connectivity index (χ1v) is 11.6. The van der Waals surface area contributed by atoms with Gasteiger partial charge in [0.1, 0.15) is 6.54 Å². The number of hydrogen-bond donors (Lipinski definition) is 1. The second-order valence-electron chi connectivity index (χ2n) is 6.97. The van der Waals surface area contributed by atoms with Gasteiger partial charge in [0.25, 0.3) is 21.6 Å². The van der Waals surface area contributed by atoms with E-state index in [1.807, 2.05) is 0 Å². The Kier molecular flexibility index (Phi) is 8.00. The van der Waals surface area contributed by atoms with Gasteiger partial charge in [-0.2, -0.15) is 5.10 Å². The summed E-state index contributed by atoms with van der Waals surface area (Å²) in [4.78, 5) is 23.2. The molecule has 0 spiro atoms. The normalized spacial score (nSPS) is 11.1. The van der Waals surface area contributed by atoms with Crippen LogP contribution in [0.3, 0.4) is 0 Å². The number of rotatable bonds is 10. The Bertz CT molecular complexity index is 1340. The zero-order chi connectivity index (χ0) is 25.4. The molecule has 35 heavy (non-hydrogen) atoms. The van der Waals surface area contributed by atoms with Crippen LogP contribution >= 0.6 is 0 Å². The van der Waals surface area contributed by atoms with Crippen molar-refractivity contribution in [2.45, 2.75) is 4.90 Å². The van der Waals surface area contributed by atoms with Crippen LogP contribution in [0.1, 0.15) is 5.56 Å². The van der Waals surface area contributed by atoms with Gasteiger partial charge in [-0.25, -0.2) is 13.8 Å². The molecule has 0 aliphatic heterocycles. The summed E-state index contributed by atoms with van der Waals surface area (Å²) >= 11 is 0. The number of nitro benzene ring substituents is 1. The smallest absolute Gasteiger partial charge is 0.278 e. The molecule has 3 rings (SSSR count). The van der Waals surface area contributed by atoms with E-state index in [0.29, 0.717) is 5.75 Å². The third-order valence-electron chi connectivity index (χ3n) is 4.80. The average molecular weight is 499 g/mol. The van der Waals surface area contributed by atoms with Gasteiger partial charge < -0.3 is 9.47 Å². The molecule has 3 aromatic rings. The molecule has 3 aromatic carbocycles. The number of nitro groups is 1. The fraction of sp³-hybridized carbons (Fsp3) is 0.130. The predicted octanol–water partition coefficient (Wildman–Crippen LogP) is 2.96. The molecule has 0 radical (unpaired) electrons. The highest BCUT2D eigenvalue weighted by Gasteiger charge is 2.28. The van der Waals surface area contributed by atoms with Gasteiger partial charge in [-0.15, -0.1) is 0 Å². The quantitative estimate of drug-likeness (QED) is 0.257. The van der Waals surface area contributed by atoms with Crippen molar-refractivity contribution in [1.82, 2.24) is 5.43 Å². The molecule has 1 amide bonds. The van der Waals surface area contributed by atoms with Crippen LogP contribution in [0.5, 0.6) is 11.5 Å². The summed E-state index contributed by atoms with van der Waals surface area (Å²) in [6.07, 6.45) is 1.11. The maximum atomic E-state index is 13.4. The van der Waals surface area contributed by atoms with E-state index in [4.69, 9.17) is 9.47 Å². The molecule has 0 heterocycles. The van der Waals surface area contributed by atoms with Crippen LogP contribution < -0.4 is 19.2 Å². The van der Waals surface area contributed by atoms with Crippen molar-refractivity contribution in [3.05, 3.63) is 88.5 Å². The Morgan fingerprint density at radius 1 is 1.03 bits per heavy atom. The van der Waals surface area contributed by atoms with E-state index in [1.165, 1.54) is 62.8 Å². The average Bonchev–Trinajstić information content (AvgIpc) is 2.87. The second kappa shape index (κ2) is 11.1. The number of hydrogen-bond acceptors (Lipinski definition) is 8. The molecule has 0 fully saturated rings. The van der Waals surface area contributed by atoms with E-state index >= 15 is 0 Å². The first kappa shape index (κ1) is 25.2. The lowest BCUT2D eigenvalue weighted by Crippen LogP contribution is -2.39. The molecule has 0 bridgehead atoms. The molecular formula is C23H22N4O7S. The lowest BCUT2D eigenvalue weighted by molar-refractivity contribution is -0.385. The minimum absolute atomic E-state index is 0.0222. The third kappa shape index (κ3) is 5.92. The number of nitrogens with zero attached hydrogens (tertiary/aromatic N) is 3. The van der Waals surface area contributed by atoms with Crippen LogP contribution in [0, 0.1) is 10.1 Å². The van der Waals surface area contributed by atoms with Gasteiger partial charge in [-0.05, 0) is 30.3 Å². The zero-order valence-corrected chi connectivity index (χ0v) is 19.6. The molecule has 12 heteroatoms. The monoisotopic (exact) mass is 498 g/mol. The number of anilines is 1.